The molecule has 1 aliphatic carbocycles. The van der Waals surface area contributed by atoms with E-state index in [1.165, 1.54) is 0 Å². The first-order valence-electron chi connectivity index (χ1n) is 6.85. The van der Waals surface area contributed by atoms with Crippen LogP contribution < -0.4 is 11.1 Å². The molecule has 0 bridgehead atoms. The molecule has 1 saturated carbocycles. The summed E-state index contributed by atoms with van der Waals surface area (Å²) >= 11 is 0. The number of hydrogen-bond donors (Lipinski definition) is 3. The van der Waals surface area contributed by atoms with Crippen LogP contribution in [0.25, 0.3) is 0 Å². The molecule has 0 aliphatic heterocycles. The maximum atomic E-state index is 12.1. The number of aliphatic hydroxyl groups excluding tert-OH is 1. The van der Waals surface area contributed by atoms with Gasteiger partial charge in [-0.2, -0.15) is 0 Å². The first kappa shape index (κ1) is 14.0. The van der Waals surface area contributed by atoms with Crippen LogP contribution in [0.4, 0.5) is 0 Å². The number of nitrogens with one attached hydrogen (secondary N) is 1. The summed E-state index contributed by atoms with van der Waals surface area (Å²) < 4.78 is 0. The molecule has 1 aromatic rings. The molecule has 0 saturated heterocycles. The molecule has 4 N–H and O–H groups in total. The number of benzene rings is 1. The molecule has 1 amide bonds. The zero-order valence-electron chi connectivity index (χ0n) is 11.3. The number of carbonyl (C=O) groups is 1. The average molecular weight is 262 g/mol. The third-order valence-electron chi connectivity index (χ3n) is 3.94. The van der Waals surface area contributed by atoms with Gasteiger partial charge in [-0.15, -0.1) is 0 Å². The quantitative estimate of drug-likeness (QED) is 0.765. The highest BCUT2D eigenvalue weighted by molar-refractivity contribution is 5.83. The largest absolute Gasteiger partial charge is 0.396 e. The van der Waals surface area contributed by atoms with Crippen LogP contribution in [0.15, 0.2) is 24.3 Å². The summed E-state index contributed by atoms with van der Waals surface area (Å²) in [6.45, 7) is 2.13. The summed E-state index contributed by atoms with van der Waals surface area (Å²) in [4.78, 5) is 12.1. The van der Waals surface area contributed by atoms with Gasteiger partial charge in [0, 0.05) is 18.6 Å². The zero-order chi connectivity index (χ0) is 13.8. The first-order chi connectivity index (χ1) is 9.11. The number of hydrogen-bond acceptors (Lipinski definition) is 3. The normalized spacial score (nSPS) is 24.2. The van der Waals surface area contributed by atoms with Crippen LogP contribution in [0.2, 0.25) is 0 Å². The molecule has 1 aromatic carbocycles. The lowest BCUT2D eigenvalue weighted by atomic mass is 10.0. The summed E-state index contributed by atoms with van der Waals surface area (Å²) in [5.41, 5.74) is 7.95. The minimum Gasteiger partial charge on any atom is -0.396 e. The van der Waals surface area contributed by atoms with Crippen molar-refractivity contribution in [3.05, 3.63) is 35.4 Å². The molecule has 2 rings (SSSR count). The molecule has 3 atom stereocenters. The number of rotatable bonds is 4. The highest BCUT2D eigenvalue weighted by Gasteiger charge is 2.29. The van der Waals surface area contributed by atoms with Crippen molar-refractivity contribution in [2.24, 2.45) is 11.7 Å². The van der Waals surface area contributed by atoms with Crippen molar-refractivity contribution >= 4 is 5.91 Å². The number of carbonyl (C=O) groups excluding carboxylic acids is 1. The third-order valence-corrected chi connectivity index (χ3v) is 3.94. The van der Waals surface area contributed by atoms with Gasteiger partial charge in [0.15, 0.2) is 0 Å². The summed E-state index contributed by atoms with van der Waals surface area (Å²) in [5.74, 6) is 0.0170. The Balaban J connectivity index is 1.97. The molecule has 0 radical (unpaired) electrons. The molecule has 1 fully saturated rings. The van der Waals surface area contributed by atoms with Gasteiger partial charge in [-0.25, -0.2) is 0 Å². The van der Waals surface area contributed by atoms with Crippen LogP contribution in [-0.4, -0.2) is 23.7 Å². The predicted molar refractivity (Wildman–Crippen MR) is 74.5 cm³/mol. The van der Waals surface area contributed by atoms with Crippen LogP contribution in [0.1, 0.15) is 36.4 Å². The SMILES string of the molecule is Cc1ccc(C(N)C(=O)NC2CCCC2CO)cc1. The van der Waals surface area contributed by atoms with Crippen LogP contribution in [0.5, 0.6) is 0 Å². The van der Waals surface area contributed by atoms with E-state index in [-0.39, 0.29) is 24.5 Å². The first-order valence-corrected chi connectivity index (χ1v) is 6.85. The van der Waals surface area contributed by atoms with E-state index in [0.717, 1.165) is 30.4 Å². The van der Waals surface area contributed by atoms with Gasteiger partial charge < -0.3 is 16.2 Å². The molecule has 0 heterocycles. The van der Waals surface area contributed by atoms with E-state index in [9.17, 15) is 9.90 Å². The van der Waals surface area contributed by atoms with Gasteiger partial charge in [0.25, 0.3) is 0 Å². The standard InChI is InChI=1S/C15H22N2O2/c1-10-5-7-11(8-6-10)14(16)15(19)17-13-4-2-3-12(13)9-18/h5-8,12-14,18H,2-4,9,16H2,1H3,(H,17,19). The van der Waals surface area contributed by atoms with Crippen LogP contribution in [0, 0.1) is 12.8 Å². The van der Waals surface area contributed by atoms with E-state index in [0.29, 0.717) is 0 Å². The molecule has 4 heteroatoms. The molecular weight excluding hydrogens is 240 g/mol. The Hall–Kier alpha value is -1.39. The fourth-order valence-corrected chi connectivity index (χ4v) is 2.64. The van der Waals surface area contributed by atoms with Crippen molar-refractivity contribution in [2.45, 2.75) is 38.3 Å². The molecule has 104 valence electrons. The lowest BCUT2D eigenvalue weighted by Gasteiger charge is -2.21. The van der Waals surface area contributed by atoms with Gasteiger partial charge in [-0.1, -0.05) is 36.2 Å². The van der Waals surface area contributed by atoms with Crippen molar-refractivity contribution in [2.75, 3.05) is 6.61 Å². The lowest BCUT2D eigenvalue weighted by molar-refractivity contribution is -0.123. The Morgan fingerprint density at radius 2 is 2.11 bits per heavy atom. The molecule has 3 unspecified atom stereocenters. The number of nitrogens with two attached hydrogens (primary N) is 1. The van der Waals surface area contributed by atoms with Crippen LogP contribution >= 0.6 is 0 Å². The summed E-state index contributed by atoms with van der Waals surface area (Å²) in [5, 5.41) is 12.2. The van der Waals surface area contributed by atoms with E-state index < -0.39 is 6.04 Å². The van der Waals surface area contributed by atoms with Gasteiger partial charge >= 0.3 is 0 Å². The average Bonchev–Trinajstić information content (AvgIpc) is 2.86. The number of aryl methyl sites for hydroxylation is 1. The van der Waals surface area contributed by atoms with Crippen molar-refractivity contribution in [3.8, 4) is 0 Å². The highest BCUT2D eigenvalue weighted by atomic mass is 16.3. The van der Waals surface area contributed by atoms with E-state index in [1.54, 1.807) is 0 Å². The Labute approximate surface area is 114 Å². The fraction of sp³-hybridized carbons (Fsp3) is 0.533. The highest BCUT2D eigenvalue weighted by Crippen LogP contribution is 2.25. The van der Waals surface area contributed by atoms with Crippen LogP contribution in [-0.2, 0) is 4.79 Å². The molecule has 0 spiro atoms. The number of amides is 1. The molecule has 0 aromatic heterocycles. The Kier molecular flexibility index (Phi) is 4.56. The molecule has 1 aliphatic rings. The smallest absolute Gasteiger partial charge is 0.241 e. The van der Waals surface area contributed by atoms with E-state index in [1.807, 2.05) is 31.2 Å². The summed E-state index contributed by atoms with van der Waals surface area (Å²) in [6, 6.07) is 7.10. The Bertz CT molecular complexity index is 430. The summed E-state index contributed by atoms with van der Waals surface area (Å²) in [6.07, 6.45) is 2.95. The number of aliphatic hydroxyl groups is 1. The maximum Gasteiger partial charge on any atom is 0.241 e. The van der Waals surface area contributed by atoms with Gasteiger partial charge in [-0.3, -0.25) is 4.79 Å². The van der Waals surface area contributed by atoms with E-state index >= 15 is 0 Å². The van der Waals surface area contributed by atoms with Crippen molar-refractivity contribution < 1.29 is 9.90 Å². The molecule has 19 heavy (non-hydrogen) atoms. The zero-order valence-corrected chi connectivity index (χ0v) is 11.3. The maximum absolute atomic E-state index is 12.1. The van der Waals surface area contributed by atoms with Gasteiger partial charge in [0.2, 0.25) is 5.91 Å². The lowest BCUT2D eigenvalue weighted by Crippen LogP contribution is -2.43. The van der Waals surface area contributed by atoms with Crippen molar-refractivity contribution in [1.29, 1.82) is 0 Å². The van der Waals surface area contributed by atoms with Crippen molar-refractivity contribution in [3.63, 3.8) is 0 Å². The van der Waals surface area contributed by atoms with Gasteiger partial charge in [0.1, 0.15) is 6.04 Å². The van der Waals surface area contributed by atoms with E-state index in [2.05, 4.69) is 5.32 Å². The Morgan fingerprint density at radius 1 is 1.42 bits per heavy atom. The van der Waals surface area contributed by atoms with E-state index in [4.69, 9.17) is 5.73 Å². The minimum atomic E-state index is -0.638. The summed E-state index contributed by atoms with van der Waals surface area (Å²) in [7, 11) is 0. The molecule has 4 nitrogen and oxygen atoms in total. The second kappa shape index (κ2) is 6.17. The minimum absolute atomic E-state index is 0.0639. The topological polar surface area (TPSA) is 75.4 Å². The van der Waals surface area contributed by atoms with Gasteiger partial charge in [0.05, 0.1) is 0 Å². The predicted octanol–water partition coefficient (Wildman–Crippen LogP) is 1.27. The fourth-order valence-electron chi connectivity index (χ4n) is 2.64. The molecular formula is C15H22N2O2. The Morgan fingerprint density at radius 3 is 2.74 bits per heavy atom. The third kappa shape index (κ3) is 3.33. The van der Waals surface area contributed by atoms with Gasteiger partial charge in [-0.05, 0) is 25.3 Å². The second-order valence-electron chi connectivity index (χ2n) is 5.38. The second-order valence-corrected chi connectivity index (χ2v) is 5.38. The van der Waals surface area contributed by atoms with Crippen LogP contribution in [0.3, 0.4) is 0 Å². The van der Waals surface area contributed by atoms with Crippen molar-refractivity contribution in [1.82, 2.24) is 5.32 Å². The monoisotopic (exact) mass is 262 g/mol.